The summed E-state index contributed by atoms with van der Waals surface area (Å²) in [6, 6.07) is 3.26. The summed E-state index contributed by atoms with van der Waals surface area (Å²) in [5.41, 5.74) is 2.92. The molecule has 3 aromatic heterocycles. The van der Waals surface area contributed by atoms with Crippen LogP contribution in [0.2, 0.25) is 0 Å². The summed E-state index contributed by atoms with van der Waals surface area (Å²) in [4.78, 5) is 12.9. The Morgan fingerprint density at radius 3 is 2.86 bits per heavy atom. The third-order valence-corrected chi connectivity index (χ3v) is 9.30. The Balaban J connectivity index is 1.56. The van der Waals surface area contributed by atoms with Gasteiger partial charge in [-0.2, -0.15) is 0 Å². The second-order valence-electron chi connectivity index (χ2n) is 9.39. The van der Waals surface area contributed by atoms with Crippen LogP contribution in [0.1, 0.15) is 39.0 Å². The molecule has 0 aliphatic heterocycles. The SMILES string of the molecule is CC1(S(=O)(=O)n2cc(-c3ncc(F)c(N[C@H]4CCC[C@H](NO)C4)n3)c3cccnc32)C=C(Cl)C=CC1. The van der Waals surface area contributed by atoms with E-state index in [0.29, 0.717) is 22.4 Å². The Morgan fingerprint density at radius 1 is 1.28 bits per heavy atom. The molecule has 3 atom stereocenters. The molecular formula is C24H26ClFN6O3S. The number of hydrogen-bond donors (Lipinski definition) is 3. The summed E-state index contributed by atoms with van der Waals surface area (Å²) in [5.74, 6) is -0.426. The van der Waals surface area contributed by atoms with Crippen LogP contribution in [0.25, 0.3) is 22.4 Å². The van der Waals surface area contributed by atoms with Crippen molar-refractivity contribution in [1.29, 1.82) is 0 Å². The smallest absolute Gasteiger partial charge is 0.249 e. The molecule has 0 aromatic carbocycles. The van der Waals surface area contributed by atoms with Crippen molar-refractivity contribution in [1.82, 2.24) is 24.4 Å². The maximum atomic E-state index is 14.7. The van der Waals surface area contributed by atoms with Gasteiger partial charge in [-0.3, -0.25) is 0 Å². The van der Waals surface area contributed by atoms with Gasteiger partial charge in [0.15, 0.2) is 23.1 Å². The van der Waals surface area contributed by atoms with Crippen LogP contribution >= 0.6 is 11.6 Å². The van der Waals surface area contributed by atoms with Gasteiger partial charge in [-0.05, 0) is 63.3 Å². The van der Waals surface area contributed by atoms with E-state index in [1.807, 2.05) is 0 Å². The van der Waals surface area contributed by atoms with Crippen LogP contribution in [-0.2, 0) is 10.0 Å². The van der Waals surface area contributed by atoms with Crippen LogP contribution in [-0.4, -0.2) is 49.4 Å². The number of hydrogen-bond acceptors (Lipinski definition) is 8. The van der Waals surface area contributed by atoms with Crippen molar-refractivity contribution < 1.29 is 18.0 Å². The van der Waals surface area contributed by atoms with Gasteiger partial charge in [-0.15, -0.1) is 0 Å². The minimum atomic E-state index is -3.99. The number of fused-ring (bicyclic) bond motifs is 1. The van der Waals surface area contributed by atoms with Gasteiger partial charge in [0.1, 0.15) is 4.75 Å². The molecule has 1 unspecified atom stereocenters. The van der Waals surface area contributed by atoms with Crippen molar-refractivity contribution in [3.8, 4) is 11.4 Å². The lowest BCUT2D eigenvalue weighted by Gasteiger charge is -2.29. The lowest BCUT2D eigenvalue weighted by atomic mass is 9.91. The van der Waals surface area contributed by atoms with Crippen LogP contribution in [0.4, 0.5) is 10.2 Å². The Labute approximate surface area is 213 Å². The molecule has 0 spiro atoms. The van der Waals surface area contributed by atoms with E-state index in [1.165, 1.54) is 18.5 Å². The number of aromatic nitrogens is 4. The molecule has 2 aliphatic rings. The second-order valence-corrected chi connectivity index (χ2v) is 12.1. The monoisotopic (exact) mass is 532 g/mol. The van der Waals surface area contributed by atoms with Gasteiger partial charge in [0.2, 0.25) is 10.0 Å². The van der Waals surface area contributed by atoms with Crippen molar-refractivity contribution in [2.45, 2.75) is 55.9 Å². The molecule has 36 heavy (non-hydrogen) atoms. The highest BCUT2D eigenvalue weighted by molar-refractivity contribution is 7.91. The van der Waals surface area contributed by atoms with Crippen LogP contribution in [0.3, 0.4) is 0 Å². The number of anilines is 1. The van der Waals surface area contributed by atoms with Gasteiger partial charge in [-0.25, -0.2) is 37.2 Å². The Morgan fingerprint density at radius 2 is 2.08 bits per heavy atom. The number of nitrogens with one attached hydrogen (secondary N) is 2. The van der Waals surface area contributed by atoms with Gasteiger partial charge < -0.3 is 10.5 Å². The van der Waals surface area contributed by atoms with Crippen LogP contribution in [0.5, 0.6) is 0 Å². The average Bonchev–Trinajstić information content (AvgIpc) is 3.26. The Bertz CT molecular complexity index is 1470. The summed E-state index contributed by atoms with van der Waals surface area (Å²) in [7, 11) is -3.99. The van der Waals surface area contributed by atoms with Gasteiger partial charge >= 0.3 is 0 Å². The summed E-state index contributed by atoms with van der Waals surface area (Å²) in [6.45, 7) is 1.61. The van der Waals surface area contributed by atoms with Crippen molar-refractivity contribution >= 4 is 38.5 Å². The van der Waals surface area contributed by atoms with E-state index in [1.54, 1.807) is 31.2 Å². The zero-order valence-electron chi connectivity index (χ0n) is 19.5. The number of allylic oxidation sites excluding steroid dienone is 3. The largest absolute Gasteiger partial charge is 0.365 e. The lowest BCUT2D eigenvalue weighted by Crippen LogP contribution is -2.38. The number of nitrogens with zero attached hydrogens (tertiary/aromatic N) is 4. The highest BCUT2D eigenvalue weighted by Gasteiger charge is 2.40. The van der Waals surface area contributed by atoms with E-state index in [-0.39, 0.29) is 35.8 Å². The fraction of sp³-hybridized carbons (Fsp3) is 0.375. The van der Waals surface area contributed by atoms with E-state index in [4.69, 9.17) is 11.6 Å². The third kappa shape index (κ3) is 4.40. The zero-order chi connectivity index (χ0) is 25.5. The molecule has 9 nitrogen and oxygen atoms in total. The van der Waals surface area contributed by atoms with Crippen molar-refractivity contribution in [3.05, 3.63) is 59.8 Å². The number of halogens is 2. The molecule has 0 bridgehead atoms. The molecule has 12 heteroatoms. The number of pyridine rings is 1. The Kier molecular flexibility index (Phi) is 6.58. The molecule has 2 aliphatic carbocycles. The van der Waals surface area contributed by atoms with Crippen molar-refractivity contribution in [2.75, 3.05) is 5.32 Å². The van der Waals surface area contributed by atoms with Gasteiger partial charge in [0.05, 0.1) is 6.20 Å². The minimum Gasteiger partial charge on any atom is -0.365 e. The normalized spacial score (nSPS) is 24.6. The summed E-state index contributed by atoms with van der Waals surface area (Å²) < 4.78 is 42.1. The molecule has 0 radical (unpaired) electrons. The van der Waals surface area contributed by atoms with E-state index in [2.05, 4.69) is 25.7 Å². The second kappa shape index (κ2) is 9.55. The highest BCUT2D eigenvalue weighted by atomic mass is 35.5. The minimum absolute atomic E-state index is 0.0235. The predicted octanol–water partition coefficient (Wildman–Crippen LogP) is 4.35. The maximum Gasteiger partial charge on any atom is 0.249 e. The van der Waals surface area contributed by atoms with E-state index in [9.17, 15) is 18.0 Å². The van der Waals surface area contributed by atoms with Crippen LogP contribution in [0, 0.1) is 5.82 Å². The van der Waals surface area contributed by atoms with Gasteiger partial charge in [-0.1, -0.05) is 17.7 Å². The van der Waals surface area contributed by atoms with Crippen LogP contribution < -0.4 is 10.8 Å². The van der Waals surface area contributed by atoms with Crippen molar-refractivity contribution in [2.24, 2.45) is 0 Å². The Hall–Kier alpha value is -2.86. The predicted molar refractivity (Wildman–Crippen MR) is 136 cm³/mol. The fourth-order valence-corrected chi connectivity index (χ4v) is 6.87. The number of rotatable bonds is 6. The summed E-state index contributed by atoms with van der Waals surface area (Å²) in [5, 5.41) is 13.3. The van der Waals surface area contributed by atoms with E-state index >= 15 is 0 Å². The molecule has 1 fully saturated rings. The average molecular weight is 533 g/mol. The topological polar surface area (TPSA) is 122 Å². The molecule has 1 saturated carbocycles. The first-order valence-corrected chi connectivity index (χ1v) is 13.5. The first-order valence-electron chi connectivity index (χ1n) is 11.7. The molecule has 3 N–H and O–H groups in total. The maximum absolute atomic E-state index is 14.7. The van der Waals surface area contributed by atoms with E-state index < -0.39 is 20.6 Å². The quantitative estimate of drug-likeness (QED) is 0.400. The summed E-state index contributed by atoms with van der Waals surface area (Å²) >= 11 is 6.15. The van der Waals surface area contributed by atoms with Gasteiger partial charge in [0, 0.05) is 40.5 Å². The third-order valence-electron chi connectivity index (χ3n) is 6.81. The highest BCUT2D eigenvalue weighted by Crippen LogP contribution is 2.36. The first kappa shape index (κ1) is 24.8. The number of hydroxylamine groups is 1. The molecule has 0 amide bonds. The lowest BCUT2D eigenvalue weighted by molar-refractivity contribution is 0.104. The molecule has 0 saturated heterocycles. The molecule has 3 aromatic rings. The zero-order valence-corrected chi connectivity index (χ0v) is 21.1. The molecule has 190 valence electrons. The van der Waals surface area contributed by atoms with Gasteiger partial charge in [0.25, 0.3) is 0 Å². The molecule has 5 rings (SSSR count). The molecular weight excluding hydrogens is 507 g/mol. The fourth-order valence-electron chi connectivity index (χ4n) is 4.83. The van der Waals surface area contributed by atoms with E-state index in [0.717, 1.165) is 29.4 Å². The molecule has 3 heterocycles. The van der Waals surface area contributed by atoms with Crippen LogP contribution in [0.15, 0.2) is 54.0 Å². The van der Waals surface area contributed by atoms with Crippen molar-refractivity contribution in [3.63, 3.8) is 0 Å². The standard InChI is InChI=1S/C24H26ClFN6O3S/c1-24(9-3-5-15(25)12-24)36(34,35)32-14-19(18-8-4-10-27-23(18)32)21-28-13-20(26)22(30-21)29-16-6-2-7-17(11-16)31-33/h3-5,8,10,12-14,16-17,31,33H,2,6-7,9,11H2,1H3,(H,28,29,30)/t16-,17-,24?/m0/s1. The first-order chi connectivity index (χ1) is 17.2. The summed E-state index contributed by atoms with van der Waals surface area (Å²) in [6.07, 6.45) is 12.3.